The fraction of sp³-hybridized carbons (Fsp3) is 0.278. The van der Waals surface area contributed by atoms with Crippen LogP contribution in [0.4, 0.5) is 0 Å². The highest BCUT2D eigenvalue weighted by Crippen LogP contribution is 2.38. The molecule has 2 atom stereocenters. The molecule has 0 saturated carbocycles. The van der Waals surface area contributed by atoms with Gasteiger partial charge in [0.05, 0.1) is 12.6 Å². The fourth-order valence-corrected chi connectivity index (χ4v) is 3.19. The number of rotatable bonds is 2. The standard InChI is InChI=1S/C18H19N3O/c1-11-6-5-7-12(2)14(11)10-19-18-17-16(20-21-18)13-8-3-4-9-15(13)22-17/h3-9,16-17,20H,10H2,1-2H3,(H,19,21). The second kappa shape index (κ2) is 5.14. The maximum atomic E-state index is 6.04. The Kier molecular flexibility index (Phi) is 3.12. The Morgan fingerprint density at radius 2 is 1.82 bits per heavy atom. The quantitative estimate of drug-likeness (QED) is 0.895. The van der Waals surface area contributed by atoms with Crippen molar-refractivity contribution in [2.45, 2.75) is 32.5 Å². The molecule has 2 unspecified atom stereocenters. The molecule has 0 bridgehead atoms. The average molecular weight is 293 g/mol. The third-order valence-electron chi connectivity index (χ3n) is 4.49. The van der Waals surface area contributed by atoms with Crippen LogP contribution in [0, 0.1) is 13.8 Å². The minimum atomic E-state index is -0.0540. The molecule has 2 aromatic carbocycles. The van der Waals surface area contributed by atoms with Crippen LogP contribution >= 0.6 is 0 Å². The van der Waals surface area contributed by atoms with Crippen LogP contribution < -0.4 is 15.6 Å². The molecule has 22 heavy (non-hydrogen) atoms. The summed E-state index contributed by atoms with van der Waals surface area (Å²) < 4.78 is 6.04. The van der Waals surface area contributed by atoms with Gasteiger partial charge in [0, 0.05) is 5.56 Å². The van der Waals surface area contributed by atoms with Gasteiger partial charge in [-0.2, -0.15) is 0 Å². The first-order chi connectivity index (χ1) is 10.7. The molecule has 2 aliphatic heterocycles. The third kappa shape index (κ3) is 2.07. The Balaban J connectivity index is 1.58. The monoisotopic (exact) mass is 293 g/mol. The second-order valence-corrected chi connectivity index (χ2v) is 5.90. The van der Waals surface area contributed by atoms with Gasteiger partial charge in [0.25, 0.3) is 0 Å². The SMILES string of the molecule is Cc1cccc(C)c1CN=C1NNC2c3ccccc3OC12. The van der Waals surface area contributed by atoms with E-state index in [1.807, 2.05) is 18.2 Å². The Hall–Kier alpha value is -2.33. The summed E-state index contributed by atoms with van der Waals surface area (Å²) in [5, 5.41) is 0. The molecule has 4 rings (SSSR count). The molecule has 2 aromatic rings. The molecule has 4 heteroatoms. The van der Waals surface area contributed by atoms with Crippen molar-refractivity contribution < 1.29 is 4.74 Å². The van der Waals surface area contributed by atoms with E-state index >= 15 is 0 Å². The van der Waals surface area contributed by atoms with Crippen LogP contribution in [0.25, 0.3) is 0 Å². The van der Waals surface area contributed by atoms with E-state index in [0.717, 1.165) is 11.6 Å². The van der Waals surface area contributed by atoms with E-state index in [1.165, 1.54) is 22.3 Å². The second-order valence-electron chi connectivity index (χ2n) is 5.90. The smallest absolute Gasteiger partial charge is 0.178 e. The van der Waals surface area contributed by atoms with Gasteiger partial charge in [0.2, 0.25) is 0 Å². The predicted octanol–water partition coefficient (Wildman–Crippen LogP) is 2.81. The molecule has 0 spiro atoms. The topological polar surface area (TPSA) is 45.7 Å². The van der Waals surface area contributed by atoms with Gasteiger partial charge in [-0.25, -0.2) is 5.43 Å². The van der Waals surface area contributed by atoms with Gasteiger partial charge in [-0.3, -0.25) is 4.99 Å². The highest BCUT2D eigenvalue weighted by Gasteiger charge is 2.42. The van der Waals surface area contributed by atoms with Gasteiger partial charge >= 0.3 is 0 Å². The summed E-state index contributed by atoms with van der Waals surface area (Å²) in [7, 11) is 0. The summed E-state index contributed by atoms with van der Waals surface area (Å²) in [6.07, 6.45) is -0.0540. The molecule has 2 aliphatic rings. The zero-order chi connectivity index (χ0) is 15.1. The molecule has 2 N–H and O–H groups in total. The maximum Gasteiger partial charge on any atom is 0.178 e. The number of amidine groups is 1. The first kappa shape index (κ1) is 13.3. The van der Waals surface area contributed by atoms with Crippen LogP contribution in [0.1, 0.15) is 28.3 Å². The minimum absolute atomic E-state index is 0.0540. The van der Waals surface area contributed by atoms with Crippen molar-refractivity contribution in [3.05, 3.63) is 64.7 Å². The van der Waals surface area contributed by atoms with E-state index < -0.39 is 0 Å². The Morgan fingerprint density at radius 1 is 1.05 bits per heavy atom. The molecule has 0 aromatic heterocycles. The first-order valence-electron chi connectivity index (χ1n) is 7.60. The van der Waals surface area contributed by atoms with Crippen molar-refractivity contribution in [2.24, 2.45) is 4.99 Å². The number of fused-ring (bicyclic) bond motifs is 3. The number of nitrogens with one attached hydrogen (secondary N) is 2. The molecule has 1 fully saturated rings. The predicted molar refractivity (Wildman–Crippen MR) is 86.9 cm³/mol. The van der Waals surface area contributed by atoms with Crippen molar-refractivity contribution in [1.29, 1.82) is 0 Å². The van der Waals surface area contributed by atoms with Crippen LogP contribution in [-0.2, 0) is 6.54 Å². The third-order valence-corrected chi connectivity index (χ3v) is 4.49. The Bertz CT molecular complexity index is 733. The molecular formula is C18H19N3O. The van der Waals surface area contributed by atoms with Crippen molar-refractivity contribution in [2.75, 3.05) is 0 Å². The van der Waals surface area contributed by atoms with Crippen molar-refractivity contribution in [3.8, 4) is 5.75 Å². The first-order valence-corrected chi connectivity index (χ1v) is 7.60. The van der Waals surface area contributed by atoms with Crippen LogP contribution in [0.2, 0.25) is 0 Å². The normalized spacial score (nSPS) is 23.8. The summed E-state index contributed by atoms with van der Waals surface area (Å²) in [6.45, 7) is 4.94. The number of benzene rings is 2. The molecule has 0 radical (unpaired) electrons. The Morgan fingerprint density at radius 3 is 2.64 bits per heavy atom. The lowest BCUT2D eigenvalue weighted by atomic mass is 10.0. The lowest BCUT2D eigenvalue weighted by Gasteiger charge is -2.10. The van der Waals surface area contributed by atoms with Crippen LogP contribution in [0.3, 0.4) is 0 Å². The molecular weight excluding hydrogens is 274 g/mol. The van der Waals surface area contributed by atoms with E-state index in [0.29, 0.717) is 6.54 Å². The lowest BCUT2D eigenvalue weighted by Crippen LogP contribution is -2.30. The zero-order valence-corrected chi connectivity index (χ0v) is 12.8. The largest absolute Gasteiger partial charge is 0.480 e. The molecule has 112 valence electrons. The van der Waals surface area contributed by atoms with Gasteiger partial charge in [0.1, 0.15) is 5.75 Å². The minimum Gasteiger partial charge on any atom is -0.480 e. The van der Waals surface area contributed by atoms with E-state index in [4.69, 9.17) is 9.73 Å². The van der Waals surface area contributed by atoms with Gasteiger partial charge in [-0.1, -0.05) is 36.4 Å². The summed E-state index contributed by atoms with van der Waals surface area (Å²) in [5.41, 5.74) is 11.5. The van der Waals surface area contributed by atoms with Crippen molar-refractivity contribution in [1.82, 2.24) is 10.9 Å². The number of aliphatic imine (C=N–C) groups is 1. The molecule has 0 aliphatic carbocycles. The average Bonchev–Trinajstić information content (AvgIpc) is 3.06. The van der Waals surface area contributed by atoms with Gasteiger partial charge < -0.3 is 10.2 Å². The van der Waals surface area contributed by atoms with Gasteiger partial charge in [0.15, 0.2) is 11.9 Å². The molecule has 1 saturated heterocycles. The van der Waals surface area contributed by atoms with Crippen molar-refractivity contribution >= 4 is 5.84 Å². The molecule has 0 amide bonds. The van der Waals surface area contributed by atoms with E-state index in [9.17, 15) is 0 Å². The number of para-hydroxylation sites is 1. The summed E-state index contributed by atoms with van der Waals surface area (Å²) in [6, 6.07) is 14.7. The van der Waals surface area contributed by atoms with Crippen LogP contribution in [0.15, 0.2) is 47.5 Å². The van der Waals surface area contributed by atoms with E-state index in [1.54, 1.807) is 0 Å². The van der Waals surface area contributed by atoms with Crippen LogP contribution in [-0.4, -0.2) is 11.9 Å². The number of nitrogens with zero attached hydrogens (tertiary/aromatic N) is 1. The fourth-order valence-electron chi connectivity index (χ4n) is 3.19. The zero-order valence-electron chi connectivity index (χ0n) is 12.8. The van der Waals surface area contributed by atoms with Gasteiger partial charge in [-0.15, -0.1) is 0 Å². The number of hydrazine groups is 1. The highest BCUT2D eigenvalue weighted by molar-refractivity contribution is 5.90. The van der Waals surface area contributed by atoms with E-state index in [2.05, 4.69) is 49.0 Å². The highest BCUT2D eigenvalue weighted by atomic mass is 16.5. The number of hydrogen-bond acceptors (Lipinski definition) is 3. The van der Waals surface area contributed by atoms with Gasteiger partial charge in [-0.05, 0) is 36.6 Å². The summed E-state index contributed by atoms with van der Waals surface area (Å²) in [5.74, 6) is 1.83. The lowest BCUT2D eigenvalue weighted by molar-refractivity contribution is 0.276. The number of ether oxygens (including phenoxy) is 1. The number of aryl methyl sites for hydroxylation is 2. The molecule has 4 nitrogen and oxygen atoms in total. The Labute approximate surface area is 130 Å². The molecule has 2 heterocycles. The summed E-state index contributed by atoms with van der Waals surface area (Å²) >= 11 is 0. The summed E-state index contributed by atoms with van der Waals surface area (Å²) in [4.78, 5) is 4.76. The number of hydrogen-bond donors (Lipinski definition) is 2. The van der Waals surface area contributed by atoms with E-state index in [-0.39, 0.29) is 12.1 Å². The van der Waals surface area contributed by atoms with Crippen LogP contribution in [0.5, 0.6) is 5.75 Å². The maximum absolute atomic E-state index is 6.04. The van der Waals surface area contributed by atoms with Crippen molar-refractivity contribution in [3.63, 3.8) is 0 Å².